The molecule has 1 aliphatic rings. The van der Waals surface area contributed by atoms with Crippen LogP contribution in [0.3, 0.4) is 0 Å². The van der Waals surface area contributed by atoms with Gasteiger partial charge in [0.05, 0.1) is 6.42 Å². The molecule has 0 aromatic carbocycles. The molecule has 2 nitrogen and oxygen atoms in total. The van der Waals surface area contributed by atoms with Gasteiger partial charge >= 0.3 is 6.18 Å². The molecule has 0 aliphatic heterocycles. The SMILES string of the molecule is CCCN(CCC(F)(F)F)C1(CN)CCCCCC1. The van der Waals surface area contributed by atoms with Gasteiger partial charge in [0.15, 0.2) is 0 Å². The van der Waals surface area contributed by atoms with E-state index < -0.39 is 12.6 Å². The van der Waals surface area contributed by atoms with Crippen LogP contribution in [0, 0.1) is 0 Å². The van der Waals surface area contributed by atoms with Gasteiger partial charge in [0.25, 0.3) is 0 Å². The molecule has 114 valence electrons. The number of nitrogens with zero attached hydrogens (tertiary/aromatic N) is 1. The van der Waals surface area contributed by atoms with Gasteiger partial charge < -0.3 is 5.73 Å². The molecular formula is C14H27F3N2. The minimum Gasteiger partial charge on any atom is -0.329 e. The summed E-state index contributed by atoms with van der Waals surface area (Å²) in [6.07, 6.45) is 2.50. The smallest absolute Gasteiger partial charge is 0.329 e. The molecule has 5 heteroatoms. The first-order chi connectivity index (χ1) is 8.93. The molecule has 0 aromatic heterocycles. The Morgan fingerprint density at radius 2 is 1.63 bits per heavy atom. The van der Waals surface area contributed by atoms with Crippen LogP contribution in [0.15, 0.2) is 0 Å². The maximum atomic E-state index is 12.5. The third-order valence-electron chi connectivity index (χ3n) is 4.24. The lowest BCUT2D eigenvalue weighted by Crippen LogP contribution is -2.54. The van der Waals surface area contributed by atoms with Gasteiger partial charge in [0.2, 0.25) is 0 Å². The van der Waals surface area contributed by atoms with Gasteiger partial charge in [-0.1, -0.05) is 32.6 Å². The lowest BCUT2D eigenvalue weighted by atomic mass is 9.87. The second-order valence-corrected chi connectivity index (χ2v) is 5.69. The van der Waals surface area contributed by atoms with E-state index in [9.17, 15) is 13.2 Å². The van der Waals surface area contributed by atoms with Crippen molar-refractivity contribution < 1.29 is 13.2 Å². The number of rotatable bonds is 6. The van der Waals surface area contributed by atoms with E-state index in [1.54, 1.807) is 0 Å². The van der Waals surface area contributed by atoms with Gasteiger partial charge in [0.1, 0.15) is 0 Å². The number of hydrogen-bond acceptors (Lipinski definition) is 2. The molecule has 1 saturated carbocycles. The first-order valence-corrected chi connectivity index (χ1v) is 7.45. The molecule has 0 saturated heterocycles. The molecule has 1 aliphatic carbocycles. The molecule has 0 heterocycles. The third kappa shape index (κ3) is 5.30. The molecule has 2 N–H and O–H groups in total. The van der Waals surface area contributed by atoms with E-state index in [-0.39, 0.29) is 12.1 Å². The number of nitrogens with two attached hydrogens (primary N) is 1. The standard InChI is InChI=1S/C14H27F3N2/c1-2-10-19(11-9-14(15,16)17)13(12-18)7-5-3-4-6-8-13/h2-12,18H2,1H3. The molecule has 0 radical (unpaired) electrons. The van der Waals surface area contributed by atoms with Gasteiger partial charge in [-0.2, -0.15) is 13.2 Å². The highest BCUT2D eigenvalue weighted by atomic mass is 19.4. The third-order valence-corrected chi connectivity index (χ3v) is 4.24. The Morgan fingerprint density at radius 1 is 1.05 bits per heavy atom. The second-order valence-electron chi connectivity index (χ2n) is 5.69. The summed E-state index contributed by atoms with van der Waals surface area (Å²) in [7, 11) is 0. The Bertz CT molecular complexity index is 246. The van der Waals surface area contributed by atoms with Crippen LogP contribution in [0.2, 0.25) is 0 Å². The van der Waals surface area contributed by atoms with Crippen LogP contribution in [-0.4, -0.2) is 36.2 Å². The molecule has 0 amide bonds. The fourth-order valence-corrected chi connectivity index (χ4v) is 3.15. The van der Waals surface area contributed by atoms with Crippen LogP contribution < -0.4 is 5.73 Å². The molecule has 0 unspecified atom stereocenters. The normalized spacial score (nSPS) is 20.5. The highest BCUT2D eigenvalue weighted by Crippen LogP contribution is 2.33. The fraction of sp³-hybridized carbons (Fsp3) is 1.00. The van der Waals surface area contributed by atoms with Crippen molar-refractivity contribution in [2.45, 2.75) is 70.0 Å². The van der Waals surface area contributed by atoms with Crippen molar-refractivity contribution in [1.29, 1.82) is 0 Å². The first-order valence-electron chi connectivity index (χ1n) is 7.45. The molecule has 0 spiro atoms. The minimum absolute atomic E-state index is 0.0918. The second kappa shape index (κ2) is 7.48. The summed E-state index contributed by atoms with van der Waals surface area (Å²) in [5.41, 5.74) is 5.76. The van der Waals surface area contributed by atoms with E-state index >= 15 is 0 Å². The van der Waals surface area contributed by atoms with Crippen molar-refractivity contribution in [3.63, 3.8) is 0 Å². The van der Waals surface area contributed by atoms with Crippen LogP contribution in [0.5, 0.6) is 0 Å². The highest BCUT2D eigenvalue weighted by Gasteiger charge is 2.37. The van der Waals surface area contributed by atoms with Crippen LogP contribution >= 0.6 is 0 Å². The van der Waals surface area contributed by atoms with E-state index in [0.29, 0.717) is 13.1 Å². The van der Waals surface area contributed by atoms with Gasteiger partial charge in [-0.05, 0) is 25.8 Å². The Labute approximate surface area is 114 Å². The topological polar surface area (TPSA) is 29.3 Å². The largest absolute Gasteiger partial charge is 0.390 e. The van der Waals surface area contributed by atoms with Crippen LogP contribution in [0.1, 0.15) is 58.3 Å². The van der Waals surface area contributed by atoms with E-state index in [4.69, 9.17) is 5.73 Å². The summed E-state index contributed by atoms with van der Waals surface area (Å²) < 4.78 is 37.4. The average Bonchev–Trinajstić information content (AvgIpc) is 2.59. The number of halogens is 3. The summed E-state index contributed by atoms with van der Waals surface area (Å²) in [6, 6.07) is 0. The van der Waals surface area contributed by atoms with Crippen molar-refractivity contribution in [2.24, 2.45) is 5.73 Å². The van der Waals surface area contributed by atoms with Crippen molar-refractivity contribution in [3.8, 4) is 0 Å². The van der Waals surface area contributed by atoms with Crippen LogP contribution in [0.4, 0.5) is 13.2 Å². The summed E-state index contributed by atoms with van der Waals surface area (Å²) in [6.45, 7) is 3.30. The molecule has 1 fully saturated rings. The maximum Gasteiger partial charge on any atom is 0.390 e. The Morgan fingerprint density at radius 3 is 2.05 bits per heavy atom. The predicted octanol–water partition coefficient (Wildman–Crippen LogP) is 3.70. The molecular weight excluding hydrogens is 253 g/mol. The molecule has 19 heavy (non-hydrogen) atoms. The summed E-state index contributed by atoms with van der Waals surface area (Å²) in [5, 5.41) is 0. The number of alkyl halides is 3. The summed E-state index contributed by atoms with van der Waals surface area (Å²) >= 11 is 0. The van der Waals surface area contributed by atoms with Crippen molar-refractivity contribution in [3.05, 3.63) is 0 Å². The first kappa shape index (κ1) is 16.8. The zero-order chi connectivity index (χ0) is 14.4. The van der Waals surface area contributed by atoms with Gasteiger partial charge in [-0.3, -0.25) is 4.90 Å². The molecule has 0 bridgehead atoms. The van der Waals surface area contributed by atoms with E-state index in [1.807, 2.05) is 11.8 Å². The average molecular weight is 280 g/mol. The number of hydrogen-bond donors (Lipinski definition) is 1. The van der Waals surface area contributed by atoms with Crippen LogP contribution in [0.25, 0.3) is 0 Å². The van der Waals surface area contributed by atoms with Gasteiger partial charge in [-0.25, -0.2) is 0 Å². The Kier molecular flexibility index (Phi) is 6.60. The Balaban J connectivity index is 2.74. The minimum atomic E-state index is -4.08. The quantitative estimate of drug-likeness (QED) is 0.752. The maximum absolute atomic E-state index is 12.5. The molecule has 0 atom stereocenters. The summed E-state index contributed by atoms with van der Waals surface area (Å²) in [5.74, 6) is 0. The monoisotopic (exact) mass is 280 g/mol. The Hall–Kier alpha value is -0.290. The van der Waals surface area contributed by atoms with Crippen molar-refractivity contribution in [2.75, 3.05) is 19.6 Å². The molecule has 1 rings (SSSR count). The van der Waals surface area contributed by atoms with Crippen LogP contribution in [-0.2, 0) is 0 Å². The van der Waals surface area contributed by atoms with Crippen molar-refractivity contribution >= 4 is 0 Å². The highest BCUT2D eigenvalue weighted by molar-refractivity contribution is 4.93. The fourth-order valence-electron chi connectivity index (χ4n) is 3.15. The van der Waals surface area contributed by atoms with Crippen molar-refractivity contribution in [1.82, 2.24) is 4.90 Å². The zero-order valence-electron chi connectivity index (χ0n) is 11.9. The zero-order valence-corrected chi connectivity index (χ0v) is 11.9. The van der Waals surface area contributed by atoms with Gasteiger partial charge in [-0.15, -0.1) is 0 Å². The lowest BCUT2D eigenvalue weighted by Gasteiger charge is -2.43. The van der Waals surface area contributed by atoms with E-state index in [1.165, 1.54) is 12.8 Å². The lowest BCUT2D eigenvalue weighted by molar-refractivity contribution is -0.141. The summed E-state index contributed by atoms with van der Waals surface area (Å²) in [4.78, 5) is 2.02. The predicted molar refractivity (Wildman–Crippen MR) is 72.0 cm³/mol. The van der Waals surface area contributed by atoms with E-state index in [2.05, 4.69) is 0 Å². The molecule has 0 aromatic rings. The van der Waals surface area contributed by atoms with Gasteiger partial charge in [0, 0.05) is 18.6 Å². The van der Waals surface area contributed by atoms with E-state index in [0.717, 1.165) is 32.1 Å².